The van der Waals surface area contributed by atoms with E-state index in [9.17, 15) is 12.8 Å². The van der Waals surface area contributed by atoms with Gasteiger partial charge in [0.15, 0.2) is 0 Å². The lowest BCUT2D eigenvalue weighted by atomic mass is 10.2. The Morgan fingerprint density at radius 3 is 2.62 bits per heavy atom. The van der Waals surface area contributed by atoms with Crippen LogP contribution in [0.25, 0.3) is 0 Å². The molecule has 0 unspecified atom stereocenters. The summed E-state index contributed by atoms with van der Waals surface area (Å²) in [4.78, 5) is -0.133. The highest BCUT2D eigenvalue weighted by atomic mass is 32.2. The van der Waals surface area contributed by atoms with Crippen LogP contribution in [0.3, 0.4) is 0 Å². The SMILES string of the molecule is Cc1ccc(CN(C)S(=O)(=O)c2ccc(F)c(C#N)c2)o1. The monoisotopic (exact) mass is 308 g/mol. The van der Waals surface area contributed by atoms with E-state index in [2.05, 4.69) is 0 Å². The molecule has 7 heteroatoms. The number of aryl methyl sites for hydroxylation is 1. The van der Waals surface area contributed by atoms with Crippen molar-refractivity contribution in [1.82, 2.24) is 4.31 Å². The average Bonchev–Trinajstić information content (AvgIpc) is 2.84. The minimum atomic E-state index is -3.82. The highest BCUT2D eigenvalue weighted by Crippen LogP contribution is 2.20. The highest BCUT2D eigenvalue weighted by Gasteiger charge is 2.23. The van der Waals surface area contributed by atoms with Gasteiger partial charge in [-0.2, -0.15) is 9.57 Å². The smallest absolute Gasteiger partial charge is 0.243 e. The fourth-order valence-corrected chi connectivity index (χ4v) is 2.97. The van der Waals surface area contributed by atoms with E-state index in [1.807, 2.05) is 0 Å². The van der Waals surface area contributed by atoms with Crippen molar-refractivity contribution in [3.63, 3.8) is 0 Å². The van der Waals surface area contributed by atoms with Crippen molar-refractivity contribution in [2.75, 3.05) is 7.05 Å². The molecule has 0 aliphatic heterocycles. The molecule has 0 saturated heterocycles. The van der Waals surface area contributed by atoms with Gasteiger partial charge in [-0.1, -0.05) is 0 Å². The summed E-state index contributed by atoms with van der Waals surface area (Å²) in [5, 5.41) is 8.77. The van der Waals surface area contributed by atoms with Crippen molar-refractivity contribution < 1.29 is 17.2 Å². The number of sulfonamides is 1. The molecule has 110 valence electrons. The molecular formula is C14H13FN2O3S. The molecule has 1 aromatic heterocycles. The van der Waals surface area contributed by atoms with Crippen LogP contribution in [-0.2, 0) is 16.6 Å². The zero-order valence-electron chi connectivity index (χ0n) is 11.5. The van der Waals surface area contributed by atoms with E-state index in [-0.39, 0.29) is 17.0 Å². The summed E-state index contributed by atoms with van der Waals surface area (Å²) in [6.07, 6.45) is 0. The van der Waals surface area contributed by atoms with Crippen LogP contribution in [-0.4, -0.2) is 19.8 Å². The number of rotatable bonds is 4. The molecule has 0 spiro atoms. The molecule has 0 aliphatic rings. The predicted molar refractivity (Wildman–Crippen MR) is 73.2 cm³/mol. The third-order valence-electron chi connectivity index (χ3n) is 2.94. The summed E-state index contributed by atoms with van der Waals surface area (Å²) in [6, 6.07) is 8.17. The first-order chi connectivity index (χ1) is 9.84. The van der Waals surface area contributed by atoms with Crippen molar-refractivity contribution >= 4 is 10.0 Å². The lowest BCUT2D eigenvalue weighted by Gasteiger charge is -2.16. The Balaban J connectivity index is 2.31. The summed E-state index contributed by atoms with van der Waals surface area (Å²) < 4.78 is 44.4. The molecule has 0 saturated carbocycles. The topological polar surface area (TPSA) is 74.3 Å². The fourth-order valence-electron chi connectivity index (χ4n) is 1.81. The van der Waals surface area contributed by atoms with E-state index in [4.69, 9.17) is 9.68 Å². The van der Waals surface area contributed by atoms with Crippen molar-refractivity contribution in [1.29, 1.82) is 5.26 Å². The molecule has 0 amide bonds. The number of halogens is 1. The van der Waals surface area contributed by atoms with Gasteiger partial charge in [0, 0.05) is 7.05 Å². The maximum Gasteiger partial charge on any atom is 0.243 e. The number of nitriles is 1. The Kier molecular flexibility index (Phi) is 4.11. The zero-order chi connectivity index (χ0) is 15.6. The van der Waals surface area contributed by atoms with Crippen LogP contribution in [0.4, 0.5) is 4.39 Å². The Morgan fingerprint density at radius 1 is 1.33 bits per heavy atom. The average molecular weight is 308 g/mol. The van der Waals surface area contributed by atoms with Crippen molar-refractivity contribution in [2.45, 2.75) is 18.4 Å². The van der Waals surface area contributed by atoms with Crippen LogP contribution in [0.1, 0.15) is 17.1 Å². The standard InChI is InChI=1S/C14H13FN2O3S/c1-10-3-4-12(20-10)9-17(2)21(18,19)13-5-6-14(15)11(7-13)8-16/h3-7H,9H2,1-2H3. The Hall–Kier alpha value is -2.17. The number of nitrogens with zero attached hydrogens (tertiary/aromatic N) is 2. The number of hydrogen-bond donors (Lipinski definition) is 0. The summed E-state index contributed by atoms with van der Waals surface area (Å²) in [5.41, 5.74) is -0.307. The van der Waals surface area contributed by atoms with Gasteiger partial charge in [-0.05, 0) is 37.3 Å². The number of furan rings is 1. The molecule has 0 atom stereocenters. The zero-order valence-corrected chi connectivity index (χ0v) is 12.3. The van der Waals surface area contributed by atoms with Gasteiger partial charge in [0.25, 0.3) is 0 Å². The molecular weight excluding hydrogens is 295 g/mol. The lowest BCUT2D eigenvalue weighted by Crippen LogP contribution is -2.26. The van der Waals surface area contributed by atoms with Gasteiger partial charge in [-0.25, -0.2) is 12.8 Å². The second-order valence-corrected chi connectivity index (χ2v) is 6.57. The van der Waals surface area contributed by atoms with Crippen LogP contribution in [0, 0.1) is 24.1 Å². The van der Waals surface area contributed by atoms with Gasteiger partial charge in [-0.3, -0.25) is 0 Å². The Morgan fingerprint density at radius 2 is 2.05 bits per heavy atom. The van der Waals surface area contributed by atoms with E-state index in [0.717, 1.165) is 22.5 Å². The molecule has 21 heavy (non-hydrogen) atoms. The molecule has 1 heterocycles. The van der Waals surface area contributed by atoms with E-state index in [0.29, 0.717) is 11.5 Å². The predicted octanol–water partition coefficient (Wildman–Crippen LogP) is 2.42. The molecule has 1 aromatic carbocycles. The Labute approximate surface area is 122 Å². The normalized spacial score (nSPS) is 11.6. The highest BCUT2D eigenvalue weighted by molar-refractivity contribution is 7.89. The Bertz CT molecular complexity index is 806. The summed E-state index contributed by atoms with van der Waals surface area (Å²) in [7, 11) is -2.43. The van der Waals surface area contributed by atoms with Crippen molar-refractivity contribution in [3.8, 4) is 6.07 Å². The molecule has 5 nitrogen and oxygen atoms in total. The first-order valence-electron chi connectivity index (χ1n) is 6.06. The van der Waals surface area contributed by atoms with Crippen LogP contribution in [0.15, 0.2) is 39.6 Å². The first kappa shape index (κ1) is 15.2. The second kappa shape index (κ2) is 5.68. The van der Waals surface area contributed by atoms with Gasteiger partial charge in [0.2, 0.25) is 10.0 Å². The van der Waals surface area contributed by atoms with E-state index < -0.39 is 15.8 Å². The van der Waals surface area contributed by atoms with Crippen LogP contribution >= 0.6 is 0 Å². The largest absolute Gasteiger partial charge is 0.465 e. The molecule has 2 rings (SSSR count). The molecule has 0 bridgehead atoms. The number of benzene rings is 1. The van der Waals surface area contributed by atoms with Crippen molar-refractivity contribution in [2.24, 2.45) is 0 Å². The summed E-state index contributed by atoms with van der Waals surface area (Å²) >= 11 is 0. The molecule has 0 fully saturated rings. The third kappa shape index (κ3) is 3.12. The maximum absolute atomic E-state index is 13.3. The van der Waals surface area contributed by atoms with Crippen LogP contribution in [0.5, 0.6) is 0 Å². The van der Waals surface area contributed by atoms with Gasteiger partial charge in [0.05, 0.1) is 17.0 Å². The number of hydrogen-bond acceptors (Lipinski definition) is 4. The van der Waals surface area contributed by atoms with Crippen molar-refractivity contribution in [3.05, 3.63) is 53.2 Å². The van der Waals surface area contributed by atoms with Gasteiger partial charge in [0.1, 0.15) is 23.4 Å². The molecule has 0 radical (unpaired) electrons. The fraction of sp³-hybridized carbons (Fsp3) is 0.214. The summed E-state index contributed by atoms with van der Waals surface area (Å²) in [5.74, 6) is 0.436. The molecule has 2 aromatic rings. The van der Waals surface area contributed by atoms with Gasteiger partial charge in [-0.15, -0.1) is 0 Å². The minimum Gasteiger partial charge on any atom is -0.465 e. The third-order valence-corrected chi connectivity index (χ3v) is 4.74. The van der Waals surface area contributed by atoms with Crippen LogP contribution in [0.2, 0.25) is 0 Å². The van der Waals surface area contributed by atoms with Gasteiger partial charge < -0.3 is 4.42 Å². The lowest BCUT2D eigenvalue weighted by molar-refractivity contribution is 0.397. The minimum absolute atomic E-state index is 0.0510. The quantitative estimate of drug-likeness (QED) is 0.869. The van der Waals surface area contributed by atoms with E-state index >= 15 is 0 Å². The van der Waals surface area contributed by atoms with Crippen LogP contribution < -0.4 is 0 Å². The molecule has 0 N–H and O–H groups in total. The van der Waals surface area contributed by atoms with E-state index in [1.54, 1.807) is 25.1 Å². The summed E-state index contributed by atoms with van der Waals surface area (Å²) in [6.45, 7) is 1.81. The second-order valence-electron chi connectivity index (χ2n) is 4.53. The maximum atomic E-state index is 13.3. The first-order valence-corrected chi connectivity index (χ1v) is 7.50. The molecule has 0 aliphatic carbocycles. The van der Waals surface area contributed by atoms with E-state index in [1.165, 1.54) is 7.05 Å². The van der Waals surface area contributed by atoms with Gasteiger partial charge >= 0.3 is 0 Å².